The fourth-order valence-corrected chi connectivity index (χ4v) is 5.42. The number of non-ortho nitro benzene ring substituents is 1. The lowest BCUT2D eigenvalue weighted by molar-refractivity contribution is -0.384. The highest BCUT2D eigenvalue weighted by Crippen LogP contribution is 2.32. The van der Waals surface area contributed by atoms with Crippen molar-refractivity contribution in [3.8, 4) is 0 Å². The Morgan fingerprint density at radius 1 is 1.37 bits per heavy atom. The molecular weight excluding hydrogens is 390 g/mol. The Labute approximate surface area is 161 Å². The summed E-state index contributed by atoms with van der Waals surface area (Å²) in [7, 11) is -2.03. The van der Waals surface area contributed by atoms with Crippen LogP contribution in [0.15, 0.2) is 39.9 Å². The first-order chi connectivity index (χ1) is 12.8. The normalized spacial score (nSPS) is 13.8. The lowest BCUT2D eigenvalue weighted by Crippen LogP contribution is -2.31. The number of hydrogen-bond acceptors (Lipinski definition) is 6. The van der Waals surface area contributed by atoms with Crippen molar-refractivity contribution in [3.63, 3.8) is 0 Å². The van der Waals surface area contributed by atoms with E-state index in [1.54, 1.807) is 28.5 Å². The van der Waals surface area contributed by atoms with E-state index in [4.69, 9.17) is 0 Å². The van der Waals surface area contributed by atoms with Crippen LogP contribution in [0.4, 0.5) is 11.4 Å². The molecule has 0 atom stereocenters. The molecule has 0 radical (unpaired) electrons. The minimum Gasteiger partial charge on any atom is -0.312 e. The smallest absolute Gasteiger partial charge is 0.271 e. The van der Waals surface area contributed by atoms with Gasteiger partial charge in [0.15, 0.2) is 0 Å². The van der Waals surface area contributed by atoms with Crippen molar-refractivity contribution in [1.82, 2.24) is 4.31 Å². The number of rotatable bonds is 7. The van der Waals surface area contributed by atoms with Crippen LogP contribution in [-0.2, 0) is 21.2 Å². The van der Waals surface area contributed by atoms with Crippen LogP contribution in [0.5, 0.6) is 0 Å². The predicted molar refractivity (Wildman–Crippen MR) is 103 cm³/mol. The number of nitro benzene ring substituents is 1. The molecule has 0 unspecified atom stereocenters. The van der Waals surface area contributed by atoms with Gasteiger partial charge in [-0.25, -0.2) is 12.7 Å². The molecule has 0 aliphatic carbocycles. The highest BCUT2D eigenvalue weighted by Gasteiger charge is 2.27. The van der Waals surface area contributed by atoms with Crippen LogP contribution in [0.2, 0.25) is 0 Å². The summed E-state index contributed by atoms with van der Waals surface area (Å²) in [5.41, 5.74) is 1.44. The minimum atomic E-state index is -3.52. The van der Waals surface area contributed by atoms with Gasteiger partial charge in [0.1, 0.15) is 4.21 Å². The van der Waals surface area contributed by atoms with Crippen LogP contribution in [0.1, 0.15) is 18.4 Å². The highest BCUT2D eigenvalue weighted by molar-refractivity contribution is 7.91. The Morgan fingerprint density at radius 3 is 2.81 bits per heavy atom. The molecule has 0 fully saturated rings. The zero-order valence-corrected chi connectivity index (χ0v) is 16.3. The molecule has 0 N–H and O–H groups in total. The van der Waals surface area contributed by atoms with Crippen LogP contribution < -0.4 is 4.90 Å². The molecule has 27 heavy (non-hydrogen) atoms. The number of nitrogens with zero attached hydrogens (tertiary/aromatic N) is 3. The second-order valence-electron chi connectivity index (χ2n) is 6.23. The Kier molecular flexibility index (Phi) is 5.59. The van der Waals surface area contributed by atoms with E-state index < -0.39 is 14.9 Å². The van der Waals surface area contributed by atoms with E-state index in [1.165, 1.54) is 23.5 Å². The van der Waals surface area contributed by atoms with E-state index in [0.29, 0.717) is 25.1 Å². The summed E-state index contributed by atoms with van der Waals surface area (Å²) >= 11 is 1.15. The maximum absolute atomic E-state index is 12.5. The summed E-state index contributed by atoms with van der Waals surface area (Å²) in [4.78, 5) is 24.6. The largest absolute Gasteiger partial charge is 0.312 e. The van der Waals surface area contributed by atoms with Crippen LogP contribution in [0.25, 0.3) is 0 Å². The molecule has 8 nitrogen and oxygen atoms in total. The third-order valence-corrected chi connectivity index (χ3v) is 7.73. The molecule has 1 aromatic heterocycles. The van der Waals surface area contributed by atoms with Crippen LogP contribution in [0.3, 0.4) is 0 Å². The van der Waals surface area contributed by atoms with Crippen LogP contribution >= 0.6 is 11.3 Å². The molecule has 0 bridgehead atoms. The molecule has 0 saturated heterocycles. The first kappa shape index (κ1) is 19.5. The number of hydrogen-bond donors (Lipinski definition) is 0. The third-order valence-electron chi connectivity index (χ3n) is 4.50. The van der Waals surface area contributed by atoms with Gasteiger partial charge in [0.2, 0.25) is 5.91 Å². The first-order valence-corrected chi connectivity index (χ1v) is 10.7. The van der Waals surface area contributed by atoms with Gasteiger partial charge in [0, 0.05) is 38.7 Å². The highest BCUT2D eigenvalue weighted by atomic mass is 32.2. The SMILES string of the molecule is CN(CCCC(=O)N1CCc2ccc([N+](=O)[O-])cc21)S(=O)(=O)c1cccs1. The molecule has 0 saturated carbocycles. The van der Waals surface area contributed by atoms with Gasteiger partial charge in [0.25, 0.3) is 15.7 Å². The molecule has 2 aromatic rings. The maximum Gasteiger partial charge on any atom is 0.271 e. The number of anilines is 1. The van der Waals surface area contributed by atoms with Gasteiger partial charge in [-0.2, -0.15) is 0 Å². The lowest BCUT2D eigenvalue weighted by atomic mass is 10.1. The van der Waals surface area contributed by atoms with Crippen LogP contribution in [0, 0.1) is 10.1 Å². The van der Waals surface area contributed by atoms with Crippen molar-refractivity contribution in [2.75, 3.05) is 25.0 Å². The molecule has 1 amide bonds. The van der Waals surface area contributed by atoms with E-state index in [-0.39, 0.29) is 28.8 Å². The van der Waals surface area contributed by atoms with Crippen molar-refractivity contribution in [2.45, 2.75) is 23.5 Å². The average molecular weight is 409 g/mol. The predicted octanol–water partition coefficient (Wildman–Crippen LogP) is 2.65. The summed E-state index contributed by atoms with van der Waals surface area (Å²) in [6.45, 7) is 0.709. The monoisotopic (exact) mass is 409 g/mol. The van der Waals surface area contributed by atoms with Gasteiger partial charge in [0.05, 0.1) is 10.6 Å². The minimum absolute atomic E-state index is 0.0461. The number of fused-ring (bicyclic) bond motifs is 1. The number of thiophene rings is 1. The second-order valence-corrected chi connectivity index (χ2v) is 9.45. The quantitative estimate of drug-likeness (QED) is 0.517. The molecule has 0 spiro atoms. The fourth-order valence-electron chi connectivity index (χ4n) is 3.01. The number of benzene rings is 1. The number of carbonyl (C=O) groups excluding carboxylic acids is 1. The van der Waals surface area contributed by atoms with E-state index in [2.05, 4.69) is 0 Å². The Hall–Kier alpha value is -2.30. The zero-order chi connectivity index (χ0) is 19.6. The molecule has 144 valence electrons. The van der Waals surface area contributed by atoms with Gasteiger partial charge in [-0.1, -0.05) is 12.1 Å². The topological polar surface area (TPSA) is 101 Å². The molecular formula is C17H19N3O5S2. The van der Waals surface area contributed by atoms with Gasteiger partial charge in [-0.3, -0.25) is 14.9 Å². The van der Waals surface area contributed by atoms with Gasteiger partial charge in [-0.15, -0.1) is 11.3 Å². The number of nitro groups is 1. The molecule has 1 aliphatic heterocycles. The maximum atomic E-state index is 12.5. The van der Waals surface area contributed by atoms with Crippen molar-refractivity contribution >= 4 is 38.6 Å². The van der Waals surface area contributed by atoms with Crippen LogP contribution in [-0.4, -0.2) is 43.7 Å². The second kappa shape index (κ2) is 7.75. The van der Waals surface area contributed by atoms with E-state index in [0.717, 1.165) is 16.9 Å². The summed E-state index contributed by atoms with van der Waals surface area (Å²) in [6.07, 6.45) is 1.21. The van der Waals surface area contributed by atoms with E-state index >= 15 is 0 Å². The summed E-state index contributed by atoms with van der Waals surface area (Å²) in [5, 5.41) is 12.7. The van der Waals surface area contributed by atoms with E-state index in [1.807, 2.05) is 0 Å². The van der Waals surface area contributed by atoms with Crippen molar-refractivity contribution in [3.05, 3.63) is 51.4 Å². The standard InChI is InChI=1S/C17H19N3O5S2/c1-18(27(24,25)17-5-3-11-26-17)9-2-4-16(21)19-10-8-13-6-7-14(20(22)23)12-15(13)19/h3,5-7,11-12H,2,4,8-10H2,1H3. The summed E-state index contributed by atoms with van der Waals surface area (Å²) in [6, 6.07) is 7.78. The Morgan fingerprint density at radius 2 is 2.15 bits per heavy atom. The fraction of sp³-hybridized carbons (Fsp3) is 0.353. The lowest BCUT2D eigenvalue weighted by Gasteiger charge is -2.19. The van der Waals surface area contributed by atoms with Crippen molar-refractivity contribution in [2.24, 2.45) is 0 Å². The summed E-state index contributed by atoms with van der Waals surface area (Å²) < 4.78 is 26.3. The molecule has 3 rings (SSSR count). The third kappa shape index (κ3) is 4.02. The Balaban J connectivity index is 1.60. The number of sulfonamides is 1. The van der Waals surface area contributed by atoms with Gasteiger partial charge < -0.3 is 4.90 Å². The van der Waals surface area contributed by atoms with E-state index in [9.17, 15) is 23.3 Å². The molecule has 10 heteroatoms. The summed E-state index contributed by atoms with van der Waals surface area (Å²) in [5.74, 6) is -0.156. The number of carbonyl (C=O) groups is 1. The van der Waals surface area contributed by atoms with Gasteiger partial charge in [-0.05, 0) is 29.9 Å². The average Bonchev–Trinajstić information content (AvgIpc) is 3.30. The molecule has 1 aliphatic rings. The van der Waals surface area contributed by atoms with Crippen molar-refractivity contribution in [1.29, 1.82) is 0 Å². The Bertz CT molecular complexity index is 957. The van der Waals surface area contributed by atoms with Gasteiger partial charge >= 0.3 is 0 Å². The zero-order valence-electron chi connectivity index (χ0n) is 14.7. The molecule has 1 aromatic carbocycles. The number of amides is 1. The first-order valence-electron chi connectivity index (χ1n) is 8.38. The van der Waals surface area contributed by atoms with Crippen molar-refractivity contribution < 1.29 is 18.1 Å². The molecule has 2 heterocycles.